The largest absolute Gasteiger partial charge is 0.496 e. The lowest BCUT2D eigenvalue weighted by Crippen LogP contribution is -2.42. The van der Waals surface area contributed by atoms with Gasteiger partial charge in [0, 0.05) is 43.4 Å². The number of benzene rings is 3. The molecule has 0 aromatic heterocycles. The first-order valence-electron chi connectivity index (χ1n) is 12.1. The SMILES string of the molecule is COc1ccccc1C(=O)C[C@@]1(C(=O)NCc2ccc(Nc3ccccc3C(C)(F)F)cc2)CCOC1. The number of ether oxygens (including phenoxy) is 2. The molecule has 0 saturated carbocycles. The first-order valence-corrected chi connectivity index (χ1v) is 12.1. The lowest BCUT2D eigenvalue weighted by molar-refractivity contribution is -0.131. The second-order valence-corrected chi connectivity index (χ2v) is 9.32. The van der Waals surface area contributed by atoms with Crippen LogP contribution in [0.5, 0.6) is 5.75 Å². The number of methoxy groups -OCH3 is 1. The molecule has 1 heterocycles. The van der Waals surface area contributed by atoms with Crippen LogP contribution in [0.3, 0.4) is 0 Å². The van der Waals surface area contributed by atoms with Gasteiger partial charge in [0.1, 0.15) is 5.75 Å². The van der Waals surface area contributed by atoms with E-state index >= 15 is 0 Å². The summed E-state index contributed by atoms with van der Waals surface area (Å²) in [5.41, 5.74) is 1.22. The van der Waals surface area contributed by atoms with Crippen LogP contribution in [0.15, 0.2) is 72.8 Å². The Morgan fingerprint density at radius 1 is 1.03 bits per heavy atom. The summed E-state index contributed by atoms with van der Waals surface area (Å²) in [5, 5.41) is 5.98. The van der Waals surface area contributed by atoms with Crippen molar-refractivity contribution in [3.8, 4) is 5.75 Å². The Morgan fingerprint density at radius 2 is 1.73 bits per heavy atom. The Labute approximate surface area is 215 Å². The lowest BCUT2D eigenvalue weighted by Gasteiger charge is -2.26. The zero-order valence-corrected chi connectivity index (χ0v) is 20.9. The maximum atomic E-state index is 13.9. The van der Waals surface area contributed by atoms with Crippen LogP contribution >= 0.6 is 0 Å². The highest BCUT2D eigenvalue weighted by Crippen LogP contribution is 2.36. The van der Waals surface area contributed by atoms with E-state index in [2.05, 4.69) is 10.6 Å². The molecular formula is C29H30F2N2O4. The van der Waals surface area contributed by atoms with Crippen LogP contribution in [0, 0.1) is 5.41 Å². The molecule has 1 amide bonds. The molecule has 3 aromatic carbocycles. The van der Waals surface area contributed by atoms with Crippen molar-refractivity contribution in [1.29, 1.82) is 0 Å². The second kappa shape index (κ2) is 11.1. The maximum Gasteiger partial charge on any atom is 0.272 e. The van der Waals surface area contributed by atoms with E-state index in [1.54, 1.807) is 54.6 Å². The molecule has 0 bridgehead atoms. The summed E-state index contributed by atoms with van der Waals surface area (Å²) in [7, 11) is 1.51. The van der Waals surface area contributed by atoms with Gasteiger partial charge in [0.05, 0.1) is 24.7 Å². The van der Waals surface area contributed by atoms with E-state index in [4.69, 9.17) is 9.47 Å². The highest BCUT2D eigenvalue weighted by Gasteiger charge is 2.44. The molecule has 0 radical (unpaired) electrons. The third-order valence-electron chi connectivity index (χ3n) is 6.58. The zero-order valence-electron chi connectivity index (χ0n) is 20.9. The molecule has 1 fully saturated rings. The lowest BCUT2D eigenvalue weighted by atomic mass is 9.79. The first kappa shape index (κ1) is 26.3. The monoisotopic (exact) mass is 508 g/mol. The topological polar surface area (TPSA) is 76.7 Å². The van der Waals surface area contributed by atoms with Gasteiger partial charge in [-0.1, -0.05) is 42.5 Å². The summed E-state index contributed by atoms with van der Waals surface area (Å²) in [6.45, 7) is 1.70. The molecule has 1 aliphatic rings. The molecule has 1 aliphatic heterocycles. The number of rotatable bonds is 10. The molecular weight excluding hydrogens is 478 g/mol. The summed E-state index contributed by atoms with van der Waals surface area (Å²) in [6, 6.07) is 20.4. The number of anilines is 2. The summed E-state index contributed by atoms with van der Waals surface area (Å²) in [6.07, 6.45) is 0.466. The number of carbonyl (C=O) groups excluding carboxylic acids is 2. The number of amides is 1. The van der Waals surface area contributed by atoms with E-state index < -0.39 is 11.3 Å². The van der Waals surface area contributed by atoms with Crippen molar-refractivity contribution in [1.82, 2.24) is 5.32 Å². The number of carbonyl (C=O) groups is 2. The Bertz CT molecular complexity index is 1250. The normalized spacial score (nSPS) is 17.3. The number of Topliss-reactive ketones (excluding diaryl/α,β-unsaturated/α-hetero) is 1. The van der Waals surface area contributed by atoms with Gasteiger partial charge in [0.2, 0.25) is 5.91 Å². The van der Waals surface area contributed by atoms with E-state index in [1.165, 1.54) is 13.2 Å². The Kier molecular flexibility index (Phi) is 7.88. The van der Waals surface area contributed by atoms with Crippen LogP contribution in [0.2, 0.25) is 0 Å². The molecule has 2 N–H and O–H groups in total. The van der Waals surface area contributed by atoms with Crippen molar-refractivity contribution in [2.24, 2.45) is 5.41 Å². The molecule has 3 aromatic rings. The van der Waals surface area contributed by atoms with E-state index in [0.717, 1.165) is 12.5 Å². The minimum absolute atomic E-state index is 0.0174. The van der Waals surface area contributed by atoms with Crippen molar-refractivity contribution in [3.63, 3.8) is 0 Å². The smallest absolute Gasteiger partial charge is 0.272 e. The summed E-state index contributed by atoms with van der Waals surface area (Å²) in [4.78, 5) is 26.3. The van der Waals surface area contributed by atoms with Gasteiger partial charge in [0.25, 0.3) is 5.92 Å². The van der Waals surface area contributed by atoms with E-state index in [-0.39, 0.29) is 36.8 Å². The molecule has 0 spiro atoms. The van der Waals surface area contributed by atoms with Crippen LogP contribution in [0.25, 0.3) is 0 Å². The van der Waals surface area contributed by atoms with Gasteiger partial charge in [0.15, 0.2) is 5.78 Å². The highest BCUT2D eigenvalue weighted by molar-refractivity contribution is 6.02. The summed E-state index contributed by atoms with van der Waals surface area (Å²) in [5.74, 6) is -2.91. The quantitative estimate of drug-likeness (QED) is 0.336. The molecule has 1 saturated heterocycles. The van der Waals surface area contributed by atoms with Gasteiger partial charge in [-0.15, -0.1) is 0 Å². The van der Waals surface area contributed by atoms with Gasteiger partial charge in [-0.2, -0.15) is 0 Å². The molecule has 8 heteroatoms. The average Bonchev–Trinajstić information content (AvgIpc) is 3.37. The van der Waals surface area contributed by atoms with Gasteiger partial charge in [-0.3, -0.25) is 9.59 Å². The third kappa shape index (κ3) is 6.14. The van der Waals surface area contributed by atoms with E-state index in [1.807, 2.05) is 12.1 Å². The Morgan fingerprint density at radius 3 is 2.41 bits per heavy atom. The molecule has 0 unspecified atom stereocenters. The fourth-order valence-electron chi connectivity index (χ4n) is 4.49. The van der Waals surface area contributed by atoms with Crippen molar-refractivity contribution < 1.29 is 27.8 Å². The van der Waals surface area contributed by atoms with Gasteiger partial charge in [-0.25, -0.2) is 8.78 Å². The van der Waals surface area contributed by atoms with Crippen LogP contribution in [-0.2, 0) is 22.0 Å². The number of halogens is 2. The standard InChI is InChI=1S/C29H30F2N2O4/c1-28(30,31)23-8-4-5-9-24(23)33-21-13-11-20(12-14-21)18-32-27(35)29(15-16-37-19-29)17-25(34)22-7-3-6-10-26(22)36-2/h3-14,33H,15-19H2,1-2H3,(H,32,35)/t29-/m0/s1. The molecule has 37 heavy (non-hydrogen) atoms. The van der Waals surface area contributed by atoms with Crippen LogP contribution in [0.4, 0.5) is 20.2 Å². The van der Waals surface area contributed by atoms with Crippen molar-refractivity contribution in [3.05, 3.63) is 89.5 Å². The minimum atomic E-state index is -2.97. The van der Waals surface area contributed by atoms with Gasteiger partial charge in [-0.05, 0) is 42.3 Å². The van der Waals surface area contributed by atoms with E-state index in [0.29, 0.717) is 35.7 Å². The molecule has 1 atom stereocenters. The number of para-hydroxylation sites is 2. The predicted molar refractivity (Wildman–Crippen MR) is 137 cm³/mol. The maximum absolute atomic E-state index is 13.9. The van der Waals surface area contributed by atoms with Crippen molar-refractivity contribution in [2.45, 2.75) is 32.2 Å². The van der Waals surface area contributed by atoms with Crippen LogP contribution in [0.1, 0.15) is 41.3 Å². The predicted octanol–water partition coefficient (Wildman–Crippen LogP) is 5.85. The number of ketones is 1. The Balaban J connectivity index is 1.40. The van der Waals surface area contributed by atoms with Crippen LogP contribution < -0.4 is 15.4 Å². The number of alkyl halides is 2. The molecule has 6 nitrogen and oxygen atoms in total. The molecule has 4 rings (SSSR count). The summed E-state index contributed by atoms with van der Waals surface area (Å²) >= 11 is 0. The molecule has 194 valence electrons. The van der Waals surface area contributed by atoms with Crippen molar-refractivity contribution >= 4 is 23.1 Å². The third-order valence-corrected chi connectivity index (χ3v) is 6.58. The minimum Gasteiger partial charge on any atom is -0.496 e. The highest BCUT2D eigenvalue weighted by atomic mass is 19.3. The fraction of sp³-hybridized carbons (Fsp3) is 0.310. The first-order chi connectivity index (χ1) is 17.7. The zero-order chi connectivity index (χ0) is 26.5. The average molecular weight is 509 g/mol. The van der Waals surface area contributed by atoms with Crippen LogP contribution in [-0.4, -0.2) is 32.0 Å². The van der Waals surface area contributed by atoms with Gasteiger partial charge >= 0.3 is 0 Å². The fourth-order valence-corrected chi connectivity index (χ4v) is 4.49. The van der Waals surface area contributed by atoms with E-state index in [9.17, 15) is 18.4 Å². The second-order valence-electron chi connectivity index (χ2n) is 9.32. The van der Waals surface area contributed by atoms with Gasteiger partial charge < -0.3 is 20.1 Å². The van der Waals surface area contributed by atoms with Crippen molar-refractivity contribution in [2.75, 3.05) is 25.6 Å². The summed E-state index contributed by atoms with van der Waals surface area (Å²) < 4.78 is 38.7. The Hall–Kier alpha value is -3.78. The number of nitrogens with one attached hydrogen (secondary N) is 2. The number of hydrogen-bond donors (Lipinski definition) is 2. The molecule has 0 aliphatic carbocycles. The number of hydrogen-bond acceptors (Lipinski definition) is 5.